The fourth-order valence-electron chi connectivity index (χ4n) is 3.31. The van der Waals surface area contributed by atoms with E-state index >= 15 is 0 Å². The summed E-state index contributed by atoms with van der Waals surface area (Å²) in [6.45, 7) is 2.26. The summed E-state index contributed by atoms with van der Waals surface area (Å²) in [5.74, 6) is 2.39. The third-order valence-corrected chi connectivity index (χ3v) is 5.83. The summed E-state index contributed by atoms with van der Waals surface area (Å²) < 4.78 is 16.1. The van der Waals surface area contributed by atoms with Gasteiger partial charge in [0.15, 0.2) is 16.6 Å². The zero-order valence-corrected chi connectivity index (χ0v) is 17.1. The molecule has 0 spiro atoms. The molecule has 1 aliphatic rings. The molecule has 0 unspecified atom stereocenters. The average Bonchev–Trinajstić information content (AvgIpc) is 3.06. The Balaban J connectivity index is 1.62. The van der Waals surface area contributed by atoms with Gasteiger partial charge >= 0.3 is 0 Å². The molecule has 2 aromatic rings. The molecule has 1 aromatic heterocycles. The van der Waals surface area contributed by atoms with Crippen molar-refractivity contribution in [1.29, 1.82) is 0 Å². The third kappa shape index (κ3) is 4.53. The van der Waals surface area contributed by atoms with Gasteiger partial charge in [-0.3, -0.25) is 4.79 Å². The number of carbonyl (C=O) groups excluding carboxylic acids is 1. The van der Waals surface area contributed by atoms with Crippen LogP contribution in [-0.2, 0) is 24.1 Å². The van der Waals surface area contributed by atoms with E-state index in [1.165, 1.54) is 11.3 Å². The first-order chi connectivity index (χ1) is 13.0. The molecule has 0 bridgehead atoms. The largest absolute Gasteiger partial charge is 0.493 e. The molecule has 1 aromatic carbocycles. The van der Waals surface area contributed by atoms with Crippen LogP contribution in [0.1, 0.15) is 35.9 Å². The summed E-state index contributed by atoms with van der Waals surface area (Å²) in [6.07, 6.45) is 4.18. The molecule has 0 fully saturated rings. The first kappa shape index (κ1) is 19.5. The SMILES string of the molecule is COc1cc(CCC(=O)Nc2nc3c(s2)C[C@H](C)CC3)cc(OC)c1OC. The van der Waals surface area contributed by atoms with E-state index in [-0.39, 0.29) is 5.91 Å². The van der Waals surface area contributed by atoms with Gasteiger partial charge in [-0.2, -0.15) is 0 Å². The molecule has 1 atom stereocenters. The van der Waals surface area contributed by atoms with Gasteiger partial charge in [-0.15, -0.1) is 11.3 Å². The number of hydrogen-bond acceptors (Lipinski definition) is 6. The fraction of sp³-hybridized carbons (Fsp3) is 0.500. The lowest BCUT2D eigenvalue weighted by Crippen LogP contribution is -2.12. The summed E-state index contributed by atoms with van der Waals surface area (Å²) in [5.41, 5.74) is 2.10. The van der Waals surface area contributed by atoms with Crippen molar-refractivity contribution >= 4 is 22.4 Å². The second kappa shape index (κ2) is 8.61. The first-order valence-corrected chi connectivity index (χ1v) is 9.93. The second-order valence-electron chi connectivity index (χ2n) is 6.82. The van der Waals surface area contributed by atoms with Crippen LogP contribution < -0.4 is 19.5 Å². The number of nitrogens with one attached hydrogen (secondary N) is 1. The molecule has 1 heterocycles. The first-order valence-electron chi connectivity index (χ1n) is 9.11. The zero-order chi connectivity index (χ0) is 19.4. The van der Waals surface area contributed by atoms with Crippen molar-refractivity contribution in [1.82, 2.24) is 4.98 Å². The van der Waals surface area contributed by atoms with E-state index in [9.17, 15) is 4.79 Å². The Morgan fingerprint density at radius 3 is 2.56 bits per heavy atom. The van der Waals surface area contributed by atoms with Gasteiger partial charge in [-0.1, -0.05) is 6.92 Å². The van der Waals surface area contributed by atoms with Gasteiger partial charge in [0.1, 0.15) is 0 Å². The number of hydrogen-bond donors (Lipinski definition) is 1. The molecule has 0 saturated carbocycles. The number of aromatic nitrogens is 1. The van der Waals surface area contributed by atoms with E-state index in [4.69, 9.17) is 14.2 Å². The van der Waals surface area contributed by atoms with Crippen molar-refractivity contribution in [3.63, 3.8) is 0 Å². The zero-order valence-electron chi connectivity index (χ0n) is 16.3. The van der Waals surface area contributed by atoms with Gasteiger partial charge in [-0.05, 0) is 49.3 Å². The van der Waals surface area contributed by atoms with Gasteiger partial charge in [0, 0.05) is 11.3 Å². The number of anilines is 1. The van der Waals surface area contributed by atoms with Crippen LogP contribution in [-0.4, -0.2) is 32.2 Å². The molecule has 6 nitrogen and oxygen atoms in total. The minimum Gasteiger partial charge on any atom is -0.493 e. The van der Waals surface area contributed by atoms with Crippen molar-refractivity contribution in [2.24, 2.45) is 5.92 Å². The number of methoxy groups -OCH3 is 3. The van der Waals surface area contributed by atoms with E-state index in [2.05, 4.69) is 17.2 Å². The van der Waals surface area contributed by atoms with E-state index in [1.54, 1.807) is 32.7 Å². The summed E-state index contributed by atoms with van der Waals surface area (Å²) in [4.78, 5) is 18.3. The molecule has 146 valence electrons. The molecule has 7 heteroatoms. The topological polar surface area (TPSA) is 69.7 Å². The standard InChI is InChI=1S/C20H26N2O4S/c1-12-5-7-14-17(9-12)27-20(21-14)22-18(23)8-6-13-10-15(24-2)19(26-4)16(11-13)25-3/h10-12H,5-9H2,1-4H3,(H,21,22,23)/t12-/m1/s1. The van der Waals surface area contributed by atoms with Crippen molar-refractivity contribution in [2.45, 2.75) is 39.0 Å². The number of carbonyl (C=O) groups is 1. The maximum absolute atomic E-state index is 12.4. The minimum atomic E-state index is -0.0390. The maximum Gasteiger partial charge on any atom is 0.226 e. The number of thiazole rings is 1. The predicted molar refractivity (Wildman–Crippen MR) is 106 cm³/mol. The van der Waals surface area contributed by atoms with Gasteiger partial charge in [-0.25, -0.2) is 4.98 Å². The Morgan fingerprint density at radius 2 is 1.93 bits per heavy atom. The average molecular weight is 391 g/mol. The highest BCUT2D eigenvalue weighted by Gasteiger charge is 2.20. The quantitative estimate of drug-likeness (QED) is 0.777. The lowest BCUT2D eigenvalue weighted by Gasteiger charge is -2.15. The normalized spacial score (nSPS) is 15.8. The molecular formula is C20H26N2O4S. The molecule has 0 radical (unpaired) electrons. The van der Waals surface area contributed by atoms with Crippen molar-refractivity contribution < 1.29 is 19.0 Å². The van der Waals surface area contributed by atoms with E-state index in [0.29, 0.717) is 41.1 Å². The molecule has 1 amide bonds. The highest BCUT2D eigenvalue weighted by molar-refractivity contribution is 7.15. The van der Waals surface area contributed by atoms with Gasteiger partial charge in [0.05, 0.1) is 27.0 Å². The van der Waals surface area contributed by atoms with Crippen LogP contribution in [0.4, 0.5) is 5.13 Å². The number of aryl methyl sites for hydroxylation is 2. The van der Waals surface area contributed by atoms with Gasteiger partial charge in [0.2, 0.25) is 11.7 Å². The number of rotatable bonds is 7. The van der Waals surface area contributed by atoms with Crippen molar-refractivity contribution in [3.8, 4) is 17.2 Å². The van der Waals surface area contributed by atoms with Crippen LogP contribution in [0.15, 0.2) is 12.1 Å². The third-order valence-electron chi connectivity index (χ3n) is 4.80. The number of nitrogens with zero attached hydrogens (tertiary/aromatic N) is 1. The highest BCUT2D eigenvalue weighted by Crippen LogP contribution is 2.38. The van der Waals surface area contributed by atoms with Crippen LogP contribution in [0.2, 0.25) is 0 Å². The summed E-state index contributed by atoms with van der Waals surface area (Å²) in [5, 5.41) is 3.66. The van der Waals surface area contributed by atoms with Crippen molar-refractivity contribution in [3.05, 3.63) is 28.3 Å². The Hall–Kier alpha value is -2.28. The molecule has 0 saturated heterocycles. The van der Waals surface area contributed by atoms with Crippen LogP contribution in [0, 0.1) is 5.92 Å². The van der Waals surface area contributed by atoms with Crippen LogP contribution in [0.5, 0.6) is 17.2 Å². The number of ether oxygens (including phenoxy) is 3. The summed E-state index contributed by atoms with van der Waals surface area (Å²) in [6, 6.07) is 3.75. The summed E-state index contributed by atoms with van der Waals surface area (Å²) in [7, 11) is 4.74. The maximum atomic E-state index is 12.4. The van der Waals surface area contributed by atoms with Gasteiger partial charge < -0.3 is 19.5 Å². The Bertz CT molecular complexity index is 793. The molecule has 1 N–H and O–H groups in total. The summed E-state index contributed by atoms with van der Waals surface area (Å²) >= 11 is 1.61. The Morgan fingerprint density at radius 1 is 1.22 bits per heavy atom. The lowest BCUT2D eigenvalue weighted by atomic mass is 9.93. The van der Waals surface area contributed by atoms with E-state index in [0.717, 1.165) is 24.1 Å². The smallest absolute Gasteiger partial charge is 0.226 e. The number of benzene rings is 1. The van der Waals surface area contributed by atoms with Crippen molar-refractivity contribution in [2.75, 3.05) is 26.6 Å². The predicted octanol–water partition coefficient (Wildman–Crippen LogP) is 3.87. The molecule has 27 heavy (non-hydrogen) atoms. The molecular weight excluding hydrogens is 364 g/mol. The molecule has 0 aliphatic heterocycles. The second-order valence-corrected chi connectivity index (χ2v) is 7.90. The van der Waals surface area contributed by atoms with Crippen LogP contribution in [0.25, 0.3) is 0 Å². The van der Waals surface area contributed by atoms with Crippen LogP contribution >= 0.6 is 11.3 Å². The minimum absolute atomic E-state index is 0.0390. The van der Waals surface area contributed by atoms with E-state index in [1.807, 2.05) is 12.1 Å². The number of amides is 1. The van der Waals surface area contributed by atoms with E-state index < -0.39 is 0 Å². The fourth-order valence-corrected chi connectivity index (χ4v) is 4.50. The van der Waals surface area contributed by atoms with Crippen LogP contribution in [0.3, 0.4) is 0 Å². The Kier molecular flexibility index (Phi) is 6.21. The number of fused-ring (bicyclic) bond motifs is 1. The lowest BCUT2D eigenvalue weighted by molar-refractivity contribution is -0.116. The Labute approximate surface area is 163 Å². The molecule has 3 rings (SSSR count). The molecule has 1 aliphatic carbocycles. The monoisotopic (exact) mass is 390 g/mol. The van der Waals surface area contributed by atoms with Gasteiger partial charge in [0.25, 0.3) is 0 Å². The highest BCUT2D eigenvalue weighted by atomic mass is 32.1.